The molecule has 1 fully saturated rings. The third-order valence-corrected chi connectivity index (χ3v) is 5.43. The van der Waals surface area contributed by atoms with E-state index in [-0.39, 0.29) is 18.4 Å². The number of aliphatic imine (C=N–C) groups is 1. The smallest absolute Gasteiger partial charge is 0.154 e. The van der Waals surface area contributed by atoms with Gasteiger partial charge >= 0.3 is 0 Å². The van der Waals surface area contributed by atoms with Gasteiger partial charge in [-0.05, 0) is 17.5 Å². The van der Waals surface area contributed by atoms with Crippen molar-refractivity contribution >= 4 is 28.6 Å². The maximum absolute atomic E-state index is 9.40. The number of allylic oxidation sites excluding steroid dienone is 1. The SMILES string of the molecule is C=C1[C@@H]([C@H](CC#N)N=CC(=CN)c2ncnc3[n-]ccc23)CCN1c1ncncc1C#N. The summed E-state index contributed by atoms with van der Waals surface area (Å²) in [6, 6.07) is 5.81. The maximum Gasteiger partial charge on any atom is 0.154 e. The summed E-state index contributed by atoms with van der Waals surface area (Å²) in [6.45, 7) is 4.84. The Morgan fingerprint density at radius 1 is 1.38 bits per heavy atom. The molecule has 2 N–H and O–H groups in total. The lowest BCUT2D eigenvalue weighted by Crippen LogP contribution is -2.23. The van der Waals surface area contributed by atoms with E-state index in [9.17, 15) is 10.5 Å². The second kappa shape index (κ2) is 9.06. The first-order valence-corrected chi connectivity index (χ1v) is 9.89. The molecule has 0 aliphatic carbocycles. The number of rotatable bonds is 6. The summed E-state index contributed by atoms with van der Waals surface area (Å²) in [5, 5.41) is 19.6. The Hall–Kier alpha value is -4.57. The fourth-order valence-electron chi connectivity index (χ4n) is 3.86. The van der Waals surface area contributed by atoms with Crippen molar-refractivity contribution < 1.29 is 0 Å². The minimum absolute atomic E-state index is 0.0857. The summed E-state index contributed by atoms with van der Waals surface area (Å²) in [6.07, 6.45) is 9.97. The first kappa shape index (κ1) is 20.7. The van der Waals surface area contributed by atoms with Crippen molar-refractivity contribution in [2.45, 2.75) is 18.9 Å². The minimum Gasteiger partial charge on any atom is -0.442 e. The molecule has 3 aromatic rings. The highest BCUT2D eigenvalue weighted by molar-refractivity contribution is 6.13. The first-order valence-electron chi connectivity index (χ1n) is 9.89. The Balaban J connectivity index is 1.59. The Morgan fingerprint density at radius 2 is 2.25 bits per heavy atom. The number of hydrogen-bond donors (Lipinski definition) is 1. The average molecular weight is 423 g/mol. The molecule has 158 valence electrons. The number of fused-ring (bicyclic) bond motifs is 1. The minimum atomic E-state index is -0.338. The summed E-state index contributed by atoms with van der Waals surface area (Å²) < 4.78 is 0. The molecule has 0 radical (unpaired) electrons. The van der Waals surface area contributed by atoms with Gasteiger partial charge in [0.25, 0.3) is 0 Å². The predicted molar refractivity (Wildman–Crippen MR) is 119 cm³/mol. The third kappa shape index (κ3) is 3.77. The Bertz CT molecular complexity index is 1290. The van der Waals surface area contributed by atoms with Crippen LogP contribution in [0.1, 0.15) is 24.1 Å². The van der Waals surface area contributed by atoms with Crippen LogP contribution in [0.3, 0.4) is 0 Å². The first-order chi connectivity index (χ1) is 15.7. The quantitative estimate of drug-likeness (QED) is 0.585. The van der Waals surface area contributed by atoms with Crippen molar-refractivity contribution in [1.82, 2.24) is 24.9 Å². The topological polar surface area (TPSA) is 155 Å². The van der Waals surface area contributed by atoms with Gasteiger partial charge in [-0.1, -0.05) is 18.8 Å². The van der Waals surface area contributed by atoms with Crippen LogP contribution in [0.4, 0.5) is 5.82 Å². The molecule has 0 aromatic carbocycles. The van der Waals surface area contributed by atoms with E-state index in [2.05, 4.69) is 43.6 Å². The molecule has 32 heavy (non-hydrogen) atoms. The van der Waals surface area contributed by atoms with Crippen LogP contribution in [-0.2, 0) is 0 Å². The zero-order valence-electron chi connectivity index (χ0n) is 17.1. The molecule has 1 aliphatic rings. The van der Waals surface area contributed by atoms with E-state index in [1.165, 1.54) is 25.1 Å². The largest absolute Gasteiger partial charge is 0.442 e. The van der Waals surface area contributed by atoms with E-state index in [0.717, 1.165) is 17.5 Å². The summed E-state index contributed by atoms with van der Waals surface area (Å²) in [5.74, 6) is 0.432. The zero-order valence-corrected chi connectivity index (χ0v) is 17.1. The van der Waals surface area contributed by atoms with Gasteiger partial charge in [0.2, 0.25) is 0 Å². The molecule has 1 saturated heterocycles. The summed E-state index contributed by atoms with van der Waals surface area (Å²) in [4.78, 5) is 27.4. The second-order valence-corrected chi connectivity index (χ2v) is 7.14. The summed E-state index contributed by atoms with van der Waals surface area (Å²) in [7, 11) is 0. The van der Waals surface area contributed by atoms with E-state index >= 15 is 0 Å². The van der Waals surface area contributed by atoms with Crippen LogP contribution in [0, 0.1) is 28.6 Å². The van der Waals surface area contributed by atoms with Gasteiger partial charge in [-0.3, -0.25) is 9.98 Å². The molecule has 0 amide bonds. The van der Waals surface area contributed by atoms with E-state index < -0.39 is 0 Å². The standard InChI is InChI=1S/C22H19N10/c1-14-17(4-7-32(14)22-16(9-25)10-26-12-31-22)19(2-5-23)28-11-15(8-24)20-18-3-6-27-21(18)30-13-29-20/h3,6,8,10-13,17,19H,1-2,4,7,24H2/q-1/t17-,19-/m0/s1. The van der Waals surface area contributed by atoms with E-state index in [0.29, 0.717) is 34.8 Å². The van der Waals surface area contributed by atoms with Crippen LogP contribution in [-0.4, -0.2) is 38.7 Å². The zero-order chi connectivity index (χ0) is 22.5. The van der Waals surface area contributed by atoms with Crippen molar-refractivity contribution in [3.05, 3.63) is 60.8 Å². The Morgan fingerprint density at radius 3 is 3.03 bits per heavy atom. The number of anilines is 1. The van der Waals surface area contributed by atoms with E-state index in [1.54, 1.807) is 12.4 Å². The van der Waals surface area contributed by atoms with Crippen LogP contribution in [0.15, 0.2) is 54.6 Å². The average Bonchev–Trinajstić information content (AvgIpc) is 3.45. The third-order valence-electron chi connectivity index (χ3n) is 5.43. The van der Waals surface area contributed by atoms with Gasteiger partial charge in [0, 0.05) is 42.5 Å². The second-order valence-electron chi connectivity index (χ2n) is 7.14. The molecule has 4 heterocycles. The van der Waals surface area contributed by atoms with Gasteiger partial charge < -0.3 is 20.6 Å². The lowest BCUT2D eigenvalue weighted by atomic mass is 9.94. The normalized spacial score (nSPS) is 17.6. The van der Waals surface area contributed by atoms with Gasteiger partial charge in [0.15, 0.2) is 5.82 Å². The lowest BCUT2D eigenvalue weighted by molar-refractivity contribution is 0.505. The molecule has 0 bridgehead atoms. The molecule has 1 aliphatic heterocycles. The molecule has 10 nitrogen and oxygen atoms in total. The highest BCUT2D eigenvalue weighted by Crippen LogP contribution is 2.36. The van der Waals surface area contributed by atoms with Crippen LogP contribution >= 0.6 is 0 Å². The van der Waals surface area contributed by atoms with Gasteiger partial charge in [0.1, 0.15) is 18.0 Å². The van der Waals surface area contributed by atoms with Crippen LogP contribution in [0.5, 0.6) is 0 Å². The van der Waals surface area contributed by atoms with Crippen molar-refractivity contribution in [2.24, 2.45) is 16.6 Å². The molecule has 4 rings (SSSR count). The molecule has 0 unspecified atom stereocenters. The van der Waals surface area contributed by atoms with Gasteiger partial charge in [-0.15, -0.1) is 0 Å². The van der Waals surface area contributed by atoms with Gasteiger partial charge in [-0.25, -0.2) is 9.97 Å². The Labute approximate surface area is 184 Å². The van der Waals surface area contributed by atoms with Crippen molar-refractivity contribution in [3.8, 4) is 12.1 Å². The molecule has 3 aromatic heterocycles. The van der Waals surface area contributed by atoms with Crippen molar-refractivity contribution in [2.75, 3.05) is 11.4 Å². The van der Waals surface area contributed by atoms with E-state index in [4.69, 9.17) is 10.7 Å². The van der Waals surface area contributed by atoms with Crippen molar-refractivity contribution in [3.63, 3.8) is 0 Å². The molecule has 2 atom stereocenters. The number of nitrogens with zero attached hydrogens (tertiary/aromatic N) is 9. The summed E-state index contributed by atoms with van der Waals surface area (Å²) in [5.41, 5.74) is 8.82. The highest BCUT2D eigenvalue weighted by atomic mass is 15.2. The monoisotopic (exact) mass is 423 g/mol. The molecular weight excluding hydrogens is 404 g/mol. The number of nitrogens with two attached hydrogens (primary N) is 1. The molecule has 0 spiro atoms. The number of hydrogen-bond acceptors (Lipinski definition) is 9. The van der Waals surface area contributed by atoms with Crippen LogP contribution < -0.4 is 15.6 Å². The highest BCUT2D eigenvalue weighted by Gasteiger charge is 2.34. The molecule has 10 heteroatoms. The summed E-state index contributed by atoms with van der Waals surface area (Å²) >= 11 is 0. The Kier molecular flexibility index (Phi) is 5.86. The van der Waals surface area contributed by atoms with E-state index in [1.807, 2.05) is 11.0 Å². The van der Waals surface area contributed by atoms with Gasteiger partial charge in [0.05, 0.1) is 30.4 Å². The predicted octanol–water partition coefficient (Wildman–Crippen LogP) is 1.94. The molecule has 0 saturated carbocycles. The van der Waals surface area contributed by atoms with Crippen LogP contribution in [0.25, 0.3) is 16.6 Å². The van der Waals surface area contributed by atoms with Crippen molar-refractivity contribution in [1.29, 1.82) is 10.5 Å². The van der Waals surface area contributed by atoms with Crippen LogP contribution in [0.2, 0.25) is 0 Å². The van der Waals surface area contributed by atoms with Gasteiger partial charge in [-0.2, -0.15) is 10.5 Å². The number of nitriles is 2. The lowest BCUT2D eigenvalue weighted by Gasteiger charge is -2.23. The molecular formula is C22H19N10-. The number of aromatic nitrogens is 5. The maximum atomic E-state index is 9.40. The fraction of sp³-hybridized carbons (Fsp3) is 0.227. The fourth-order valence-corrected chi connectivity index (χ4v) is 3.86.